The molecule has 2 N–H and O–H groups in total. The summed E-state index contributed by atoms with van der Waals surface area (Å²) < 4.78 is 5.21. The number of nitrogens with two attached hydrogens (primary N) is 1. The van der Waals surface area contributed by atoms with Crippen LogP contribution in [0.2, 0.25) is 0 Å². The summed E-state index contributed by atoms with van der Waals surface area (Å²) >= 11 is 0. The highest BCUT2D eigenvalue weighted by atomic mass is 16.5. The van der Waals surface area contributed by atoms with Crippen LogP contribution in [0.4, 0.5) is 5.95 Å². The minimum atomic E-state index is -0.414. The zero-order valence-electron chi connectivity index (χ0n) is 12.4. The van der Waals surface area contributed by atoms with Crippen LogP contribution in [-0.2, 0) is 4.79 Å². The maximum absolute atomic E-state index is 11.3. The van der Waals surface area contributed by atoms with Gasteiger partial charge in [0.05, 0.1) is 5.56 Å². The summed E-state index contributed by atoms with van der Waals surface area (Å²) in [5, 5.41) is 0. The Labute approximate surface area is 133 Å². The summed E-state index contributed by atoms with van der Waals surface area (Å²) in [6.45, 7) is 1.34. The summed E-state index contributed by atoms with van der Waals surface area (Å²) in [6, 6.07) is 16.5. The van der Waals surface area contributed by atoms with Crippen molar-refractivity contribution in [3.05, 3.63) is 54.6 Å². The lowest BCUT2D eigenvalue weighted by Crippen LogP contribution is -2.06. The Bertz CT molecular complexity index is 850. The molecule has 1 heterocycles. The molecule has 0 atom stereocenters. The molecular formula is C17H14N4O2. The van der Waals surface area contributed by atoms with Crippen molar-refractivity contribution in [2.24, 2.45) is 0 Å². The highest BCUT2D eigenvalue weighted by Gasteiger charge is 2.13. The minimum Gasteiger partial charge on any atom is -0.426 e. The fraction of sp³-hybridized carbons (Fsp3) is 0.0588. The second kappa shape index (κ2) is 6.23. The van der Waals surface area contributed by atoms with Gasteiger partial charge < -0.3 is 10.5 Å². The van der Waals surface area contributed by atoms with E-state index in [4.69, 9.17) is 10.5 Å². The van der Waals surface area contributed by atoms with Gasteiger partial charge in [0.1, 0.15) is 5.75 Å². The molecule has 0 spiro atoms. The first-order chi connectivity index (χ1) is 11.1. The van der Waals surface area contributed by atoms with E-state index in [0.29, 0.717) is 23.0 Å². The van der Waals surface area contributed by atoms with Crippen LogP contribution in [0.1, 0.15) is 6.92 Å². The number of hydrogen-bond donors (Lipinski definition) is 1. The second-order valence-electron chi connectivity index (χ2n) is 4.80. The first-order valence-corrected chi connectivity index (χ1v) is 6.98. The lowest BCUT2D eigenvalue weighted by atomic mass is 10.1. The molecule has 23 heavy (non-hydrogen) atoms. The Morgan fingerprint density at radius 2 is 1.57 bits per heavy atom. The highest BCUT2D eigenvalue weighted by molar-refractivity contribution is 5.75. The van der Waals surface area contributed by atoms with Crippen LogP contribution in [0, 0.1) is 0 Å². The van der Waals surface area contributed by atoms with Crippen molar-refractivity contribution < 1.29 is 9.53 Å². The van der Waals surface area contributed by atoms with E-state index in [1.807, 2.05) is 36.4 Å². The molecule has 0 aliphatic rings. The van der Waals surface area contributed by atoms with Crippen molar-refractivity contribution in [3.8, 4) is 28.5 Å². The number of anilines is 1. The average Bonchev–Trinajstić information content (AvgIpc) is 2.55. The molecule has 0 saturated heterocycles. The summed E-state index contributed by atoms with van der Waals surface area (Å²) in [7, 11) is 0. The van der Waals surface area contributed by atoms with Crippen molar-refractivity contribution in [2.45, 2.75) is 6.92 Å². The number of rotatable bonds is 3. The number of ether oxygens (including phenoxy) is 1. The van der Waals surface area contributed by atoms with Gasteiger partial charge in [-0.25, -0.2) is 4.98 Å². The number of nitrogen functional groups attached to an aromatic ring is 1. The number of hydrogen-bond acceptors (Lipinski definition) is 6. The molecule has 0 unspecified atom stereocenters. The van der Waals surface area contributed by atoms with Gasteiger partial charge in [-0.2, -0.15) is 9.97 Å². The molecule has 0 saturated carbocycles. The number of carbonyl (C=O) groups is 1. The van der Waals surface area contributed by atoms with E-state index in [1.165, 1.54) is 6.92 Å². The maximum Gasteiger partial charge on any atom is 0.308 e. The molecule has 3 aromatic rings. The first-order valence-electron chi connectivity index (χ1n) is 6.98. The first kappa shape index (κ1) is 14.6. The largest absolute Gasteiger partial charge is 0.426 e. The Balaban J connectivity index is 2.11. The molecule has 0 aliphatic heterocycles. The third-order valence-corrected chi connectivity index (χ3v) is 3.07. The van der Waals surface area contributed by atoms with Crippen LogP contribution in [0.25, 0.3) is 22.8 Å². The van der Waals surface area contributed by atoms with E-state index in [0.717, 1.165) is 5.56 Å². The maximum atomic E-state index is 11.3. The lowest BCUT2D eigenvalue weighted by molar-refractivity contribution is -0.131. The zero-order chi connectivity index (χ0) is 16.2. The van der Waals surface area contributed by atoms with E-state index < -0.39 is 5.97 Å². The van der Waals surface area contributed by atoms with E-state index in [1.54, 1.807) is 18.2 Å². The predicted molar refractivity (Wildman–Crippen MR) is 86.4 cm³/mol. The van der Waals surface area contributed by atoms with Gasteiger partial charge >= 0.3 is 5.97 Å². The van der Waals surface area contributed by atoms with Crippen molar-refractivity contribution in [1.29, 1.82) is 0 Å². The SMILES string of the molecule is CC(=O)Oc1ccccc1-c1nc(N)nc(-c2ccccc2)n1. The Morgan fingerprint density at radius 1 is 0.913 bits per heavy atom. The van der Waals surface area contributed by atoms with Crippen molar-refractivity contribution in [2.75, 3.05) is 5.73 Å². The summed E-state index contributed by atoms with van der Waals surface area (Å²) in [4.78, 5) is 24.0. The van der Waals surface area contributed by atoms with Gasteiger partial charge in [0.15, 0.2) is 11.6 Å². The summed E-state index contributed by atoms with van der Waals surface area (Å²) in [5.41, 5.74) is 7.22. The molecule has 0 fully saturated rings. The third kappa shape index (κ3) is 3.32. The fourth-order valence-electron chi connectivity index (χ4n) is 2.12. The van der Waals surface area contributed by atoms with Crippen LogP contribution in [0.5, 0.6) is 5.75 Å². The zero-order valence-corrected chi connectivity index (χ0v) is 12.4. The Kier molecular flexibility index (Phi) is 3.97. The normalized spacial score (nSPS) is 10.3. The molecule has 2 aromatic carbocycles. The van der Waals surface area contributed by atoms with Gasteiger partial charge in [-0.15, -0.1) is 0 Å². The van der Waals surface area contributed by atoms with E-state index >= 15 is 0 Å². The molecule has 114 valence electrons. The van der Waals surface area contributed by atoms with E-state index in [2.05, 4.69) is 15.0 Å². The van der Waals surface area contributed by atoms with Gasteiger partial charge in [-0.05, 0) is 12.1 Å². The molecule has 0 bridgehead atoms. The number of esters is 1. The number of nitrogens with zero attached hydrogens (tertiary/aromatic N) is 3. The molecule has 1 aromatic heterocycles. The number of aromatic nitrogens is 3. The van der Waals surface area contributed by atoms with Crippen LogP contribution in [-0.4, -0.2) is 20.9 Å². The number of para-hydroxylation sites is 1. The average molecular weight is 306 g/mol. The topological polar surface area (TPSA) is 91.0 Å². The summed E-state index contributed by atoms with van der Waals surface area (Å²) in [5.74, 6) is 0.887. The predicted octanol–water partition coefficient (Wildman–Crippen LogP) is 2.71. The van der Waals surface area contributed by atoms with Crippen molar-refractivity contribution in [3.63, 3.8) is 0 Å². The number of benzene rings is 2. The standard InChI is InChI=1S/C17H14N4O2/c1-11(22)23-14-10-6-5-9-13(14)16-19-15(20-17(18)21-16)12-7-3-2-4-8-12/h2-10H,1H3,(H2,18,19,20,21). The number of carbonyl (C=O) groups excluding carboxylic acids is 1. The van der Waals surface area contributed by atoms with Crippen LogP contribution >= 0.6 is 0 Å². The molecular weight excluding hydrogens is 292 g/mol. The van der Waals surface area contributed by atoms with Crippen molar-refractivity contribution >= 4 is 11.9 Å². The van der Waals surface area contributed by atoms with Gasteiger partial charge in [-0.3, -0.25) is 4.79 Å². The van der Waals surface area contributed by atoms with E-state index in [9.17, 15) is 4.79 Å². The monoisotopic (exact) mass is 306 g/mol. The summed E-state index contributed by atoms with van der Waals surface area (Å²) in [6.07, 6.45) is 0. The second-order valence-corrected chi connectivity index (χ2v) is 4.80. The Morgan fingerprint density at radius 3 is 2.30 bits per heavy atom. The van der Waals surface area contributed by atoms with Crippen molar-refractivity contribution in [1.82, 2.24) is 15.0 Å². The van der Waals surface area contributed by atoms with Crippen LogP contribution in [0.3, 0.4) is 0 Å². The van der Waals surface area contributed by atoms with Gasteiger partial charge in [-0.1, -0.05) is 42.5 Å². The molecule has 0 aliphatic carbocycles. The highest BCUT2D eigenvalue weighted by Crippen LogP contribution is 2.29. The molecule has 3 rings (SSSR count). The Hall–Kier alpha value is -3.28. The van der Waals surface area contributed by atoms with Gasteiger partial charge in [0, 0.05) is 12.5 Å². The molecule has 6 heteroatoms. The molecule has 6 nitrogen and oxygen atoms in total. The molecule has 0 radical (unpaired) electrons. The van der Waals surface area contributed by atoms with Gasteiger partial charge in [0.25, 0.3) is 0 Å². The fourth-order valence-corrected chi connectivity index (χ4v) is 2.12. The lowest BCUT2D eigenvalue weighted by Gasteiger charge is -2.09. The van der Waals surface area contributed by atoms with Crippen LogP contribution in [0.15, 0.2) is 54.6 Å². The van der Waals surface area contributed by atoms with Crippen LogP contribution < -0.4 is 10.5 Å². The molecule has 0 amide bonds. The minimum absolute atomic E-state index is 0.103. The van der Waals surface area contributed by atoms with E-state index in [-0.39, 0.29) is 5.95 Å². The third-order valence-electron chi connectivity index (χ3n) is 3.07. The van der Waals surface area contributed by atoms with Gasteiger partial charge in [0.2, 0.25) is 5.95 Å². The quantitative estimate of drug-likeness (QED) is 0.591. The smallest absolute Gasteiger partial charge is 0.308 e.